The number of ether oxygens (including phenoxy) is 1. The smallest absolute Gasteiger partial charge is 0.237 e. The largest absolute Gasteiger partial charge is 0.496 e. The summed E-state index contributed by atoms with van der Waals surface area (Å²) in [5, 5.41) is 0. The van der Waals surface area contributed by atoms with Gasteiger partial charge in [0.1, 0.15) is 17.4 Å². The highest BCUT2D eigenvalue weighted by Gasteiger charge is 2.11. The van der Waals surface area contributed by atoms with Crippen LogP contribution in [0.1, 0.15) is 5.56 Å². The summed E-state index contributed by atoms with van der Waals surface area (Å²) in [5.74, 6) is -0.111. The Morgan fingerprint density at radius 1 is 1.56 bits per heavy atom. The highest BCUT2D eigenvalue weighted by molar-refractivity contribution is 6.27. The normalized spacial score (nSPS) is 10.0. The molecule has 1 rings (SSSR count). The fraction of sp³-hybridized carbons (Fsp3) is 0.364. The molecule has 0 atom stereocenters. The van der Waals surface area contributed by atoms with Crippen molar-refractivity contribution in [3.63, 3.8) is 0 Å². The molecule has 0 aromatic heterocycles. The molecule has 1 aromatic rings. The SMILES string of the molecule is COc1ccc(F)cc1CN(C)C(=O)CCl. The molecular formula is C11H13ClFNO2. The molecule has 0 saturated heterocycles. The van der Waals surface area contributed by atoms with Gasteiger partial charge < -0.3 is 9.64 Å². The number of nitrogens with zero attached hydrogens (tertiary/aromatic N) is 1. The van der Waals surface area contributed by atoms with Crippen molar-refractivity contribution in [1.82, 2.24) is 4.90 Å². The molecule has 0 bridgehead atoms. The van der Waals surface area contributed by atoms with Gasteiger partial charge in [-0.15, -0.1) is 11.6 Å². The topological polar surface area (TPSA) is 29.5 Å². The second-order valence-electron chi connectivity index (χ2n) is 3.34. The molecule has 0 aliphatic carbocycles. The van der Waals surface area contributed by atoms with Crippen LogP contribution in [0.5, 0.6) is 5.75 Å². The van der Waals surface area contributed by atoms with Crippen molar-refractivity contribution < 1.29 is 13.9 Å². The van der Waals surface area contributed by atoms with Crippen LogP contribution in [0, 0.1) is 5.82 Å². The fourth-order valence-electron chi connectivity index (χ4n) is 1.32. The van der Waals surface area contributed by atoms with Crippen molar-refractivity contribution in [2.45, 2.75) is 6.54 Å². The number of alkyl halides is 1. The van der Waals surface area contributed by atoms with Gasteiger partial charge in [0.05, 0.1) is 7.11 Å². The molecule has 0 aliphatic heterocycles. The van der Waals surface area contributed by atoms with E-state index in [1.807, 2.05) is 0 Å². The van der Waals surface area contributed by atoms with Gasteiger partial charge in [0.15, 0.2) is 0 Å². The molecule has 0 N–H and O–H groups in total. The van der Waals surface area contributed by atoms with E-state index in [2.05, 4.69) is 0 Å². The van der Waals surface area contributed by atoms with Gasteiger partial charge in [-0.2, -0.15) is 0 Å². The van der Waals surface area contributed by atoms with Crippen LogP contribution in [0.3, 0.4) is 0 Å². The predicted octanol–water partition coefficient (Wildman–Crippen LogP) is 2.03. The van der Waals surface area contributed by atoms with Crippen LogP contribution in [0.15, 0.2) is 18.2 Å². The highest BCUT2D eigenvalue weighted by atomic mass is 35.5. The number of amides is 1. The Hall–Kier alpha value is -1.29. The molecule has 16 heavy (non-hydrogen) atoms. The summed E-state index contributed by atoms with van der Waals surface area (Å²) in [6.07, 6.45) is 0. The molecule has 3 nitrogen and oxygen atoms in total. The van der Waals surface area contributed by atoms with E-state index in [0.29, 0.717) is 11.3 Å². The van der Waals surface area contributed by atoms with Crippen LogP contribution in [0.4, 0.5) is 4.39 Å². The third-order valence-corrected chi connectivity index (χ3v) is 2.42. The first-order valence-electron chi connectivity index (χ1n) is 4.70. The van der Waals surface area contributed by atoms with Gasteiger partial charge in [0.2, 0.25) is 5.91 Å². The number of methoxy groups -OCH3 is 1. The molecule has 1 amide bonds. The van der Waals surface area contributed by atoms with Crippen molar-refractivity contribution >= 4 is 17.5 Å². The van der Waals surface area contributed by atoms with E-state index in [9.17, 15) is 9.18 Å². The lowest BCUT2D eigenvalue weighted by molar-refractivity contribution is -0.127. The average molecular weight is 246 g/mol. The number of hydrogen-bond acceptors (Lipinski definition) is 2. The fourth-order valence-corrected chi connectivity index (χ4v) is 1.52. The van der Waals surface area contributed by atoms with Crippen LogP contribution >= 0.6 is 11.6 Å². The molecule has 1 aromatic carbocycles. The summed E-state index contributed by atoms with van der Waals surface area (Å²) < 4.78 is 18.1. The number of halogens is 2. The van der Waals surface area contributed by atoms with Crippen molar-refractivity contribution in [3.05, 3.63) is 29.6 Å². The zero-order chi connectivity index (χ0) is 12.1. The summed E-state index contributed by atoms with van der Waals surface area (Å²) in [6.45, 7) is 0.270. The highest BCUT2D eigenvalue weighted by Crippen LogP contribution is 2.20. The lowest BCUT2D eigenvalue weighted by Crippen LogP contribution is -2.27. The molecule has 0 fully saturated rings. The molecule has 0 heterocycles. The van der Waals surface area contributed by atoms with Crippen LogP contribution in [-0.4, -0.2) is 30.8 Å². The van der Waals surface area contributed by atoms with Gasteiger partial charge >= 0.3 is 0 Å². The molecule has 0 radical (unpaired) electrons. The number of carbonyl (C=O) groups excluding carboxylic acids is 1. The minimum absolute atomic E-state index is 0.0892. The number of hydrogen-bond donors (Lipinski definition) is 0. The first kappa shape index (κ1) is 12.8. The minimum Gasteiger partial charge on any atom is -0.496 e. The second kappa shape index (κ2) is 5.70. The summed E-state index contributed by atoms with van der Waals surface area (Å²) in [7, 11) is 3.11. The summed E-state index contributed by atoms with van der Waals surface area (Å²) in [6, 6.07) is 4.19. The maximum atomic E-state index is 13.0. The molecule has 88 valence electrons. The number of rotatable bonds is 4. The molecule has 0 aliphatic rings. The Morgan fingerprint density at radius 3 is 2.81 bits per heavy atom. The van der Waals surface area contributed by atoms with E-state index in [-0.39, 0.29) is 24.1 Å². The van der Waals surface area contributed by atoms with Crippen molar-refractivity contribution in [1.29, 1.82) is 0 Å². The Labute approximate surface area is 98.8 Å². The maximum Gasteiger partial charge on any atom is 0.237 e. The Balaban J connectivity index is 2.86. The summed E-state index contributed by atoms with van der Waals surface area (Å²) >= 11 is 5.42. The summed E-state index contributed by atoms with van der Waals surface area (Å²) in [5.41, 5.74) is 0.614. The Bertz CT molecular complexity index is 384. The standard InChI is InChI=1S/C11H13ClFNO2/c1-14(11(15)6-12)7-8-5-9(13)3-4-10(8)16-2/h3-5H,6-7H2,1-2H3. The van der Waals surface area contributed by atoms with Gasteiger partial charge in [-0.1, -0.05) is 0 Å². The van der Waals surface area contributed by atoms with Crippen molar-refractivity contribution in [2.24, 2.45) is 0 Å². The molecule has 5 heteroatoms. The van der Waals surface area contributed by atoms with Crippen molar-refractivity contribution in [3.8, 4) is 5.75 Å². The number of benzene rings is 1. The molecule has 0 unspecified atom stereocenters. The zero-order valence-electron chi connectivity index (χ0n) is 9.17. The monoisotopic (exact) mass is 245 g/mol. The van der Waals surface area contributed by atoms with E-state index in [4.69, 9.17) is 16.3 Å². The van der Waals surface area contributed by atoms with Crippen molar-refractivity contribution in [2.75, 3.05) is 20.0 Å². The van der Waals surface area contributed by atoms with Gasteiger partial charge in [0, 0.05) is 19.2 Å². The number of carbonyl (C=O) groups is 1. The Morgan fingerprint density at radius 2 is 2.25 bits per heavy atom. The van der Waals surface area contributed by atoms with Gasteiger partial charge in [0.25, 0.3) is 0 Å². The molecule has 0 spiro atoms. The van der Waals surface area contributed by atoms with Gasteiger partial charge in [-0.3, -0.25) is 4.79 Å². The third kappa shape index (κ3) is 3.10. The first-order chi connectivity index (χ1) is 7.58. The van der Waals surface area contributed by atoms with Gasteiger partial charge in [-0.05, 0) is 18.2 Å². The maximum absolute atomic E-state index is 13.0. The van der Waals surface area contributed by atoms with Crippen LogP contribution < -0.4 is 4.74 Å². The van der Waals surface area contributed by atoms with E-state index in [1.54, 1.807) is 7.05 Å². The van der Waals surface area contributed by atoms with E-state index in [0.717, 1.165) is 0 Å². The zero-order valence-corrected chi connectivity index (χ0v) is 9.92. The van der Waals surface area contributed by atoms with Crippen LogP contribution in [0.25, 0.3) is 0 Å². The predicted molar refractivity (Wildman–Crippen MR) is 60.1 cm³/mol. The minimum atomic E-state index is -0.359. The molecule has 0 saturated carbocycles. The second-order valence-corrected chi connectivity index (χ2v) is 3.61. The van der Waals surface area contributed by atoms with E-state index in [1.165, 1.54) is 30.2 Å². The molecular weight excluding hydrogens is 233 g/mol. The van der Waals surface area contributed by atoms with Crippen LogP contribution in [-0.2, 0) is 11.3 Å². The van der Waals surface area contributed by atoms with E-state index >= 15 is 0 Å². The van der Waals surface area contributed by atoms with Gasteiger partial charge in [-0.25, -0.2) is 4.39 Å². The third-order valence-electron chi connectivity index (χ3n) is 2.19. The lowest BCUT2D eigenvalue weighted by Gasteiger charge is -2.17. The lowest BCUT2D eigenvalue weighted by atomic mass is 10.2. The van der Waals surface area contributed by atoms with Crippen LogP contribution in [0.2, 0.25) is 0 Å². The summed E-state index contributed by atoms with van der Waals surface area (Å²) in [4.78, 5) is 12.7. The Kier molecular flexibility index (Phi) is 4.55. The quantitative estimate of drug-likeness (QED) is 0.760. The van der Waals surface area contributed by atoms with E-state index < -0.39 is 0 Å². The average Bonchev–Trinajstić information content (AvgIpc) is 2.28. The first-order valence-corrected chi connectivity index (χ1v) is 5.24.